The molecule has 4 heteroatoms. The van der Waals surface area contributed by atoms with E-state index in [0.29, 0.717) is 0 Å². The molecule has 0 radical (unpaired) electrons. The first kappa shape index (κ1) is 11.7. The van der Waals surface area contributed by atoms with Gasteiger partial charge in [-0.25, -0.2) is 4.98 Å². The zero-order valence-electron chi connectivity index (χ0n) is 9.57. The molecule has 0 spiro atoms. The molecule has 0 bridgehead atoms. The summed E-state index contributed by atoms with van der Waals surface area (Å²) < 4.78 is 0. The van der Waals surface area contributed by atoms with Crippen LogP contribution in [-0.2, 0) is 0 Å². The van der Waals surface area contributed by atoms with E-state index < -0.39 is 0 Å². The maximum Gasteiger partial charge on any atom is 0.170 e. The lowest BCUT2D eigenvalue weighted by molar-refractivity contribution is 0.322. The van der Waals surface area contributed by atoms with E-state index in [1.54, 1.807) is 12.3 Å². The Morgan fingerprint density at radius 3 is 2.75 bits per heavy atom. The monoisotopic (exact) mass is 240 g/mol. The van der Waals surface area contributed by atoms with Crippen LogP contribution in [0.25, 0.3) is 0 Å². The summed E-state index contributed by atoms with van der Waals surface area (Å²) >= 11 is 5.69. The van der Waals surface area contributed by atoms with Gasteiger partial charge in [0, 0.05) is 18.2 Å². The number of aromatic nitrogens is 1. The smallest absolute Gasteiger partial charge is 0.170 e. The van der Waals surface area contributed by atoms with Crippen LogP contribution in [0.4, 0.5) is 0 Å². The molecule has 2 unspecified atom stereocenters. The second-order valence-corrected chi connectivity index (χ2v) is 5.60. The van der Waals surface area contributed by atoms with Crippen molar-refractivity contribution in [2.75, 3.05) is 0 Å². The minimum atomic E-state index is 0.0380. The quantitative estimate of drug-likeness (QED) is 0.742. The van der Waals surface area contributed by atoms with Crippen molar-refractivity contribution in [3.8, 4) is 5.75 Å². The van der Waals surface area contributed by atoms with Gasteiger partial charge in [0.2, 0.25) is 0 Å². The molecule has 1 saturated carbocycles. The van der Waals surface area contributed by atoms with Gasteiger partial charge in [-0.2, -0.15) is 0 Å². The summed E-state index contributed by atoms with van der Waals surface area (Å²) in [4.78, 5) is 3.97. The molecule has 0 aliphatic heterocycles. The highest BCUT2D eigenvalue weighted by molar-refractivity contribution is 6.30. The van der Waals surface area contributed by atoms with Crippen LogP contribution in [0.1, 0.15) is 38.2 Å². The molecular formula is C12H17ClN2O. The fourth-order valence-electron chi connectivity index (χ4n) is 2.45. The molecule has 2 atom stereocenters. The lowest BCUT2D eigenvalue weighted by atomic mass is 9.84. The molecule has 0 saturated heterocycles. The van der Waals surface area contributed by atoms with E-state index in [1.807, 2.05) is 0 Å². The summed E-state index contributed by atoms with van der Waals surface area (Å²) in [5, 5.41) is 9.69. The minimum absolute atomic E-state index is 0.0380. The van der Waals surface area contributed by atoms with Gasteiger partial charge in [-0.05, 0) is 29.9 Å². The van der Waals surface area contributed by atoms with Crippen LogP contribution < -0.4 is 5.73 Å². The van der Waals surface area contributed by atoms with Crippen molar-refractivity contribution in [2.45, 2.75) is 38.6 Å². The molecule has 0 amide bonds. The van der Waals surface area contributed by atoms with Crippen LogP contribution in [0.5, 0.6) is 5.75 Å². The third-order valence-electron chi connectivity index (χ3n) is 3.71. The third-order valence-corrected chi connectivity index (χ3v) is 4.00. The first-order valence-corrected chi connectivity index (χ1v) is 5.89. The average molecular weight is 241 g/mol. The number of hydrogen-bond acceptors (Lipinski definition) is 3. The van der Waals surface area contributed by atoms with E-state index in [1.165, 1.54) is 0 Å². The molecule has 88 valence electrons. The molecule has 1 fully saturated rings. The fourth-order valence-corrected chi connectivity index (χ4v) is 2.55. The molecule has 1 aromatic rings. The summed E-state index contributed by atoms with van der Waals surface area (Å²) in [5.74, 6) is 0.307. The summed E-state index contributed by atoms with van der Waals surface area (Å²) in [6, 6.07) is 1.79. The number of halogens is 1. The van der Waals surface area contributed by atoms with Crippen LogP contribution >= 0.6 is 11.6 Å². The molecule has 0 aromatic carbocycles. The lowest BCUT2D eigenvalue weighted by Crippen LogP contribution is -2.35. The van der Waals surface area contributed by atoms with Crippen LogP contribution in [0.3, 0.4) is 0 Å². The van der Waals surface area contributed by atoms with Gasteiger partial charge in [-0.15, -0.1) is 0 Å². The molecule has 2 rings (SSSR count). The van der Waals surface area contributed by atoms with Gasteiger partial charge in [-0.1, -0.05) is 25.4 Å². The SMILES string of the molecule is CC1(C)CCC(c2cnc(Cl)c(O)c2)C1N. The van der Waals surface area contributed by atoms with E-state index in [4.69, 9.17) is 17.3 Å². The Kier molecular flexibility index (Phi) is 2.84. The molecule has 1 heterocycles. The Labute approximate surface area is 101 Å². The summed E-state index contributed by atoms with van der Waals surface area (Å²) in [6.07, 6.45) is 3.85. The molecule has 1 aliphatic carbocycles. The van der Waals surface area contributed by atoms with Crippen molar-refractivity contribution < 1.29 is 5.11 Å². The first-order chi connectivity index (χ1) is 7.42. The molecule has 1 aliphatic rings. The van der Waals surface area contributed by atoms with Gasteiger partial charge in [0.1, 0.15) is 0 Å². The molecule has 16 heavy (non-hydrogen) atoms. The van der Waals surface area contributed by atoms with E-state index in [-0.39, 0.29) is 28.3 Å². The highest BCUT2D eigenvalue weighted by Crippen LogP contribution is 2.45. The minimum Gasteiger partial charge on any atom is -0.505 e. The van der Waals surface area contributed by atoms with Gasteiger partial charge >= 0.3 is 0 Å². The predicted octanol–water partition coefficient (Wildman–Crippen LogP) is 2.67. The topological polar surface area (TPSA) is 59.1 Å². The Balaban J connectivity index is 2.29. The number of pyridine rings is 1. The molecule has 3 nitrogen and oxygen atoms in total. The van der Waals surface area contributed by atoms with Gasteiger partial charge < -0.3 is 10.8 Å². The van der Waals surface area contributed by atoms with Crippen LogP contribution in [-0.4, -0.2) is 16.1 Å². The van der Waals surface area contributed by atoms with E-state index in [9.17, 15) is 5.11 Å². The van der Waals surface area contributed by atoms with Gasteiger partial charge in [0.05, 0.1) is 0 Å². The summed E-state index contributed by atoms with van der Waals surface area (Å²) in [6.45, 7) is 4.36. The van der Waals surface area contributed by atoms with Crippen molar-refractivity contribution >= 4 is 11.6 Å². The Morgan fingerprint density at radius 2 is 2.25 bits per heavy atom. The van der Waals surface area contributed by atoms with Crippen molar-refractivity contribution in [3.05, 3.63) is 23.0 Å². The van der Waals surface area contributed by atoms with Crippen molar-refractivity contribution in [1.82, 2.24) is 4.98 Å². The number of hydrogen-bond donors (Lipinski definition) is 2. The number of aromatic hydroxyl groups is 1. The van der Waals surface area contributed by atoms with E-state index in [0.717, 1.165) is 18.4 Å². The molecule has 1 aromatic heterocycles. The first-order valence-electron chi connectivity index (χ1n) is 5.52. The largest absolute Gasteiger partial charge is 0.505 e. The maximum absolute atomic E-state index is 9.54. The number of nitrogens with zero attached hydrogens (tertiary/aromatic N) is 1. The zero-order valence-corrected chi connectivity index (χ0v) is 10.3. The molecule has 3 N–H and O–H groups in total. The predicted molar refractivity (Wildman–Crippen MR) is 64.6 cm³/mol. The highest BCUT2D eigenvalue weighted by atomic mass is 35.5. The van der Waals surface area contributed by atoms with Crippen molar-refractivity contribution in [2.24, 2.45) is 11.1 Å². The van der Waals surface area contributed by atoms with Crippen molar-refractivity contribution in [1.29, 1.82) is 0 Å². The Bertz CT molecular complexity index is 406. The Morgan fingerprint density at radius 1 is 1.56 bits per heavy atom. The second kappa shape index (κ2) is 3.90. The van der Waals surface area contributed by atoms with Crippen molar-refractivity contribution in [3.63, 3.8) is 0 Å². The van der Waals surface area contributed by atoms with Gasteiger partial charge in [-0.3, -0.25) is 0 Å². The van der Waals surface area contributed by atoms with Gasteiger partial charge in [0.15, 0.2) is 10.9 Å². The zero-order chi connectivity index (χ0) is 11.9. The number of nitrogens with two attached hydrogens (primary N) is 1. The van der Waals surface area contributed by atoms with Crippen LogP contribution in [0.15, 0.2) is 12.3 Å². The van der Waals surface area contributed by atoms with E-state index in [2.05, 4.69) is 18.8 Å². The number of rotatable bonds is 1. The van der Waals surface area contributed by atoms with Crippen LogP contribution in [0, 0.1) is 5.41 Å². The highest BCUT2D eigenvalue weighted by Gasteiger charge is 2.40. The fraction of sp³-hybridized carbons (Fsp3) is 0.583. The second-order valence-electron chi connectivity index (χ2n) is 5.24. The van der Waals surface area contributed by atoms with E-state index >= 15 is 0 Å². The third kappa shape index (κ3) is 1.89. The average Bonchev–Trinajstić information content (AvgIpc) is 2.48. The normalized spacial score (nSPS) is 28.2. The summed E-state index contributed by atoms with van der Waals surface area (Å²) in [5.41, 5.74) is 7.37. The molecular weight excluding hydrogens is 224 g/mol. The maximum atomic E-state index is 9.54. The van der Waals surface area contributed by atoms with Crippen LogP contribution in [0.2, 0.25) is 5.15 Å². The Hall–Kier alpha value is -0.800. The standard InChI is InChI=1S/C12H17ClN2O/c1-12(2)4-3-8(10(12)14)7-5-9(16)11(13)15-6-7/h5-6,8,10,16H,3-4,14H2,1-2H3. The lowest BCUT2D eigenvalue weighted by Gasteiger charge is -2.27. The summed E-state index contributed by atoms with van der Waals surface area (Å²) in [7, 11) is 0. The van der Waals surface area contributed by atoms with Gasteiger partial charge in [0.25, 0.3) is 0 Å².